The number of aliphatic carboxylic acids is 1. The van der Waals surface area contributed by atoms with Crippen molar-refractivity contribution in [2.45, 2.75) is 19.4 Å². The normalized spacial score (nSPS) is 16.2. The highest BCUT2D eigenvalue weighted by molar-refractivity contribution is 7.90. The molecule has 2 N–H and O–H groups in total. The Kier molecular flexibility index (Phi) is 3.79. The molecule has 1 aromatic heterocycles. The first-order valence-corrected chi connectivity index (χ1v) is 8.49. The third kappa shape index (κ3) is 2.79. The van der Waals surface area contributed by atoms with E-state index in [0.29, 0.717) is 29.7 Å². The molecule has 0 amide bonds. The molecule has 2 heterocycles. The van der Waals surface area contributed by atoms with Gasteiger partial charge in [0.15, 0.2) is 0 Å². The first-order valence-electron chi connectivity index (χ1n) is 7.05. The molecule has 1 aromatic carbocycles. The van der Waals surface area contributed by atoms with Crippen molar-refractivity contribution in [1.29, 1.82) is 0 Å². The monoisotopic (exact) mass is 323 g/mol. The molecular formula is C14H17N3O4S. The molecule has 1 aliphatic rings. The molecule has 8 heteroatoms. The molecule has 1 saturated heterocycles. The van der Waals surface area contributed by atoms with Gasteiger partial charge in [-0.2, -0.15) is 12.7 Å². The number of nitrogens with zero attached hydrogens (tertiary/aromatic N) is 2. The molecule has 0 spiro atoms. The van der Waals surface area contributed by atoms with Gasteiger partial charge in [0, 0.05) is 24.7 Å². The number of hydrogen-bond donors (Lipinski definition) is 2. The number of fused-ring (bicyclic) bond motifs is 1. The topological polar surface area (TPSA) is 91.6 Å². The summed E-state index contributed by atoms with van der Waals surface area (Å²) < 4.78 is 30.3. The maximum atomic E-state index is 12.3. The van der Waals surface area contributed by atoms with Crippen LogP contribution >= 0.6 is 0 Å². The van der Waals surface area contributed by atoms with Crippen LogP contribution in [0, 0.1) is 0 Å². The van der Waals surface area contributed by atoms with E-state index in [0.717, 1.165) is 12.8 Å². The fraction of sp³-hybridized carbons (Fsp3) is 0.357. The molecule has 1 aliphatic heterocycles. The van der Waals surface area contributed by atoms with Gasteiger partial charge in [-0.1, -0.05) is 6.07 Å². The number of carbonyl (C=O) groups is 1. The third-order valence-corrected chi connectivity index (χ3v) is 5.29. The number of carboxylic acid groups (broad SMARTS) is 1. The Morgan fingerprint density at radius 2 is 1.95 bits per heavy atom. The standard InChI is InChI=1S/C14H17N3O4S/c18-14(19)10-16-9-6-11-12(4-3-5-13(11)16)15-22(20,21)17-7-1-2-8-17/h3-6,9,15H,1-2,7-8,10H2,(H,18,19). The molecule has 0 unspecified atom stereocenters. The van der Waals surface area contributed by atoms with Crippen LogP contribution in [0.1, 0.15) is 12.8 Å². The van der Waals surface area contributed by atoms with Gasteiger partial charge in [0.05, 0.1) is 11.2 Å². The summed E-state index contributed by atoms with van der Waals surface area (Å²) in [5.74, 6) is -0.944. The Labute approximate surface area is 128 Å². The molecule has 7 nitrogen and oxygen atoms in total. The summed E-state index contributed by atoms with van der Waals surface area (Å²) >= 11 is 0. The maximum absolute atomic E-state index is 12.3. The lowest BCUT2D eigenvalue weighted by atomic mass is 10.2. The molecule has 0 bridgehead atoms. The van der Waals surface area contributed by atoms with Gasteiger partial charge >= 0.3 is 16.2 Å². The first kappa shape index (κ1) is 14.9. The van der Waals surface area contributed by atoms with Gasteiger partial charge in [-0.05, 0) is 31.0 Å². The smallest absolute Gasteiger partial charge is 0.323 e. The van der Waals surface area contributed by atoms with E-state index in [4.69, 9.17) is 5.11 Å². The van der Waals surface area contributed by atoms with E-state index in [2.05, 4.69) is 4.72 Å². The molecule has 0 saturated carbocycles. The molecule has 22 heavy (non-hydrogen) atoms. The Bertz CT molecular complexity index is 807. The van der Waals surface area contributed by atoms with Gasteiger partial charge in [0.2, 0.25) is 0 Å². The van der Waals surface area contributed by atoms with Crippen molar-refractivity contribution in [2.75, 3.05) is 17.8 Å². The second-order valence-corrected chi connectivity index (χ2v) is 6.96. The summed E-state index contributed by atoms with van der Waals surface area (Å²) in [6, 6.07) is 6.88. The molecule has 0 radical (unpaired) electrons. The van der Waals surface area contributed by atoms with Gasteiger partial charge < -0.3 is 9.67 Å². The maximum Gasteiger partial charge on any atom is 0.323 e. The van der Waals surface area contributed by atoms with Crippen LogP contribution in [0.5, 0.6) is 0 Å². The summed E-state index contributed by atoms with van der Waals surface area (Å²) in [5, 5.41) is 9.59. The summed E-state index contributed by atoms with van der Waals surface area (Å²) in [6.45, 7) is 0.905. The summed E-state index contributed by atoms with van der Waals surface area (Å²) in [4.78, 5) is 10.9. The van der Waals surface area contributed by atoms with Gasteiger partial charge in [-0.25, -0.2) is 0 Å². The van der Waals surface area contributed by atoms with Crippen LogP contribution in [0.15, 0.2) is 30.5 Å². The molecule has 1 fully saturated rings. The highest BCUT2D eigenvalue weighted by Crippen LogP contribution is 2.26. The van der Waals surface area contributed by atoms with Crippen LogP contribution in [0.2, 0.25) is 0 Å². The second-order valence-electron chi connectivity index (χ2n) is 5.29. The highest BCUT2D eigenvalue weighted by atomic mass is 32.2. The average Bonchev–Trinajstić information content (AvgIpc) is 3.09. The number of rotatable bonds is 5. The molecule has 3 rings (SSSR count). The van der Waals surface area contributed by atoms with Gasteiger partial charge in [-0.3, -0.25) is 9.52 Å². The van der Waals surface area contributed by atoms with Crippen LogP contribution in [0.4, 0.5) is 5.69 Å². The zero-order valence-corrected chi connectivity index (χ0v) is 12.7. The van der Waals surface area contributed by atoms with Gasteiger partial charge in [0.25, 0.3) is 0 Å². The van der Waals surface area contributed by atoms with Crippen molar-refractivity contribution in [2.24, 2.45) is 0 Å². The molecule has 0 aliphatic carbocycles. The van der Waals surface area contributed by atoms with E-state index in [1.54, 1.807) is 35.0 Å². The number of benzene rings is 1. The predicted octanol–water partition coefficient (Wildman–Crippen LogP) is 1.48. The quantitative estimate of drug-likeness (QED) is 0.872. The zero-order valence-electron chi connectivity index (χ0n) is 11.9. The molecular weight excluding hydrogens is 306 g/mol. The SMILES string of the molecule is O=C(O)Cn1ccc2c(NS(=O)(=O)N3CCCC3)cccc21. The Balaban J connectivity index is 1.94. The number of carboxylic acids is 1. The lowest BCUT2D eigenvalue weighted by molar-refractivity contribution is -0.137. The Morgan fingerprint density at radius 1 is 1.23 bits per heavy atom. The average molecular weight is 323 g/mol. The van der Waals surface area contributed by atoms with Crippen LogP contribution < -0.4 is 4.72 Å². The minimum Gasteiger partial charge on any atom is -0.480 e. The lowest BCUT2D eigenvalue weighted by Crippen LogP contribution is -2.33. The van der Waals surface area contributed by atoms with Crippen molar-refractivity contribution in [3.8, 4) is 0 Å². The zero-order chi connectivity index (χ0) is 15.7. The van der Waals surface area contributed by atoms with Crippen molar-refractivity contribution in [3.63, 3.8) is 0 Å². The summed E-state index contributed by atoms with van der Waals surface area (Å²) in [7, 11) is -3.56. The van der Waals surface area contributed by atoms with Crippen LogP contribution in [-0.2, 0) is 21.5 Å². The van der Waals surface area contributed by atoms with E-state index in [1.165, 1.54) is 4.31 Å². The molecule has 0 atom stereocenters. The van der Waals surface area contributed by atoms with Gasteiger partial charge in [0.1, 0.15) is 6.54 Å². The van der Waals surface area contributed by atoms with E-state index in [9.17, 15) is 13.2 Å². The minimum atomic E-state index is -3.56. The van der Waals surface area contributed by atoms with E-state index in [1.807, 2.05) is 0 Å². The summed E-state index contributed by atoms with van der Waals surface area (Å²) in [6.07, 6.45) is 3.40. The number of anilines is 1. The molecule has 118 valence electrons. The van der Waals surface area contributed by atoms with E-state index in [-0.39, 0.29) is 6.54 Å². The minimum absolute atomic E-state index is 0.161. The van der Waals surface area contributed by atoms with E-state index >= 15 is 0 Å². The summed E-state index contributed by atoms with van der Waals surface area (Å²) in [5.41, 5.74) is 1.15. The van der Waals surface area contributed by atoms with Crippen LogP contribution in [-0.4, -0.2) is 41.5 Å². The number of hydrogen-bond acceptors (Lipinski definition) is 3. The Morgan fingerprint density at radius 3 is 2.64 bits per heavy atom. The first-order chi connectivity index (χ1) is 10.5. The second kappa shape index (κ2) is 5.62. The van der Waals surface area contributed by atoms with Crippen molar-refractivity contribution in [1.82, 2.24) is 8.87 Å². The van der Waals surface area contributed by atoms with E-state index < -0.39 is 16.2 Å². The van der Waals surface area contributed by atoms with Crippen LogP contribution in [0.25, 0.3) is 10.9 Å². The van der Waals surface area contributed by atoms with Crippen molar-refractivity contribution >= 4 is 32.8 Å². The van der Waals surface area contributed by atoms with Gasteiger partial charge in [-0.15, -0.1) is 0 Å². The van der Waals surface area contributed by atoms with Crippen molar-refractivity contribution in [3.05, 3.63) is 30.5 Å². The van der Waals surface area contributed by atoms with Crippen molar-refractivity contribution < 1.29 is 18.3 Å². The fourth-order valence-corrected chi connectivity index (χ4v) is 4.05. The molecule has 2 aromatic rings. The predicted molar refractivity (Wildman–Crippen MR) is 82.9 cm³/mol. The third-order valence-electron chi connectivity index (χ3n) is 3.76. The lowest BCUT2D eigenvalue weighted by Gasteiger charge is -2.17. The number of nitrogens with one attached hydrogen (secondary N) is 1. The van der Waals surface area contributed by atoms with Crippen LogP contribution in [0.3, 0.4) is 0 Å². The Hall–Kier alpha value is -2.06. The number of aromatic nitrogens is 1. The fourth-order valence-electron chi connectivity index (χ4n) is 2.73. The highest BCUT2D eigenvalue weighted by Gasteiger charge is 2.25. The largest absolute Gasteiger partial charge is 0.480 e.